The zero-order valence-electron chi connectivity index (χ0n) is 12.1. The number of nitrogens with zero attached hydrogens (tertiary/aromatic N) is 3. The van der Waals surface area contributed by atoms with E-state index in [2.05, 4.69) is 10.2 Å². The Morgan fingerprint density at radius 3 is 2.04 bits per heavy atom. The number of nitrogens with two attached hydrogens (primary N) is 1. The molecule has 0 amide bonds. The van der Waals surface area contributed by atoms with Gasteiger partial charge in [-0.3, -0.25) is 0 Å². The molecule has 0 saturated heterocycles. The maximum absolute atomic E-state index is 6.09. The summed E-state index contributed by atoms with van der Waals surface area (Å²) in [4.78, 5) is 0. The van der Waals surface area contributed by atoms with Gasteiger partial charge in [0.25, 0.3) is 0 Å². The van der Waals surface area contributed by atoms with E-state index < -0.39 is 0 Å². The summed E-state index contributed by atoms with van der Waals surface area (Å²) in [7, 11) is 0. The van der Waals surface area contributed by atoms with Crippen LogP contribution in [0, 0.1) is 0 Å². The Morgan fingerprint density at radius 2 is 1.43 bits per heavy atom. The third-order valence-electron chi connectivity index (χ3n) is 3.29. The van der Waals surface area contributed by atoms with Gasteiger partial charge >= 0.3 is 0 Å². The first-order chi connectivity index (χ1) is 11.1. The van der Waals surface area contributed by atoms with Crippen molar-refractivity contribution in [2.45, 2.75) is 17.3 Å². The quantitative estimate of drug-likeness (QED) is 0.544. The van der Waals surface area contributed by atoms with Gasteiger partial charge in [0.05, 0.1) is 0 Å². The first-order valence-electron chi connectivity index (χ1n) is 6.93. The topological polar surface area (TPSA) is 56.7 Å². The minimum Gasteiger partial charge on any atom is -0.336 e. The van der Waals surface area contributed by atoms with E-state index in [1.54, 1.807) is 0 Å². The minimum absolute atomic E-state index is 0.613. The van der Waals surface area contributed by atoms with E-state index in [0.717, 1.165) is 21.9 Å². The van der Waals surface area contributed by atoms with Gasteiger partial charge in [-0.25, -0.2) is 4.68 Å². The van der Waals surface area contributed by atoms with Crippen LogP contribution in [0.2, 0.25) is 10.0 Å². The monoisotopic (exact) mass is 364 g/mol. The van der Waals surface area contributed by atoms with Crippen LogP contribution in [0.15, 0.2) is 53.7 Å². The van der Waals surface area contributed by atoms with Crippen molar-refractivity contribution >= 4 is 35.0 Å². The second-order valence-corrected chi connectivity index (χ2v) is 6.80. The second kappa shape index (κ2) is 7.25. The van der Waals surface area contributed by atoms with E-state index >= 15 is 0 Å². The third-order valence-corrected chi connectivity index (χ3v) is 4.81. The number of thioether (sulfide) groups is 1. The lowest BCUT2D eigenvalue weighted by Gasteiger charge is -2.04. The van der Waals surface area contributed by atoms with Crippen molar-refractivity contribution < 1.29 is 0 Å². The molecule has 0 aliphatic carbocycles. The SMILES string of the molecule is Nn1c(Cc2ccc(Cl)cc2)nnc1SCc1ccc(Cl)cc1. The minimum atomic E-state index is 0.613. The molecule has 4 nitrogen and oxygen atoms in total. The maximum atomic E-state index is 6.09. The Morgan fingerprint density at radius 1 is 0.870 bits per heavy atom. The van der Waals surface area contributed by atoms with Crippen molar-refractivity contribution in [1.29, 1.82) is 0 Å². The number of halogens is 2. The van der Waals surface area contributed by atoms with E-state index in [0.29, 0.717) is 22.4 Å². The van der Waals surface area contributed by atoms with E-state index in [-0.39, 0.29) is 0 Å². The zero-order valence-corrected chi connectivity index (χ0v) is 14.4. The Labute approximate surface area is 148 Å². The number of hydrogen-bond donors (Lipinski definition) is 1. The molecular weight excluding hydrogens is 351 g/mol. The van der Waals surface area contributed by atoms with Gasteiger partial charge in [-0.1, -0.05) is 59.2 Å². The predicted octanol–water partition coefficient (Wildman–Crippen LogP) is 4.18. The fraction of sp³-hybridized carbons (Fsp3) is 0.125. The van der Waals surface area contributed by atoms with Crippen LogP contribution in [-0.2, 0) is 12.2 Å². The molecule has 1 aromatic heterocycles. The summed E-state index contributed by atoms with van der Waals surface area (Å²) in [6.45, 7) is 0. The molecule has 3 aromatic rings. The van der Waals surface area contributed by atoms with E-state index in [9.17, 15) is 0 Å². The molecule has 0 aliphatic rings. The Hall–Kier alpha value is -1.69. The van der Waals surface area contributed by atoms with Crippen LogP contribution in [0.1, 0.15) is 17.0 Å². The first kappa shape index (κ1) is 16.2. The Balaban J connectivity index is 1.66. The maximum Gasteiger partial charge on any atom is 0.210 e. The molecule has 0 aliphatic heterocycles. The van der Waals surface area contributed by atoms with Gasteiger partial charge in [-0.15, -0.1) is 10.2 Å². The standard InChI is InChI=1S/C16H14Cl2N4S/c17-13-5-1-11(2-6-13)9-15-20-21-16(22(15)19)23-10-12-3-7-14(18)8-4-12/h1-8H,9-10,19H2. The van der Waals surface area contributed by atoms with Crippen molar-refractivity contribution in [1.82, 2.24) is 14.9 Å². The lowest BCUT2D eigenvalue weighted by Crippen LogP contribution is -2.14. The highest BCUT2D eigenvalue weighted by molar-refractivity contribution is 7.98. The van der Waals surface area contributed by atoms with Crippen LogP contribution >= 0.6 is 35.0 Å². The summed E-state index contributed by atoms with van der Waals surface area (Å²) < 4.78 is 1.54. The number of benzene rings is 2. The summed E-state index contributed by atoms with van der Waals surface area (Å²) in [5.74, 6) is 7.56. The lowest BCUT2D eigenvalue weighted by atomic mass is 10.1. The fourth-order valence-corrected chi connectivity index (χ4v) is 3.12. The predicted molar refractivity (Wildman–Crippen MR) is 95.4 cm³/mol. The molecule has 0 radical (unpaired) electrons. The van der Waals surface area contributed by atoms with Crippen LogP contribution in [-0.4, -0.2) is 14.9 Å². The molecule has 0 saturated carbocycles. The van der Waals surface area contributed by atoms with Crippen LogP contribution in [0.3, 0.4) is 0 Å². The van der Waals surface area contributed by atoms with Gasteiger partial charge in [0.1, 0.15) is 0 Å². The molecule has 118 valence electrons. The first-order valence-corrected chi connectivity index (χ1v) is 8.67. The van der Waals surface area contributed by atoms with E-state index in [1.165, 1.54) is 16.4 Å². The van der Waals surface area contributed by atoms with Gasteiger partial charge in [0, 0.05) is 22.2 Å². The van der Waals surface area contributed by atoms with Gasteiger partial charge < -0.3 is 5.84 Å². The highest BCUT2D eigenvalue weighted by atomic mass is 35.5. The van der Waals surface area contributed by atoms with Crippen LogP contribution < -0.4 is 5.84 Å². The van der Waals surface area contributed by atoms with E-state index in [1.807, 2.05) is 48.5 Å². The number of rotatable bonds is 5. The number of hydrogen-bond acceptors (Lipinski definition) is 4. The lowest BCUT2D eigenvalue weighted by molar-refractivity contribution is 0.805. The van der Waals surface area contributed by atoms with Crippen LogP contribution in [0.4, 0.5) is 0 Å². The van der Waals surface area contributed by atoms with Crippen molar-refractivity contribution in [3.8, 4) is 0 Å². The molecule has 0 atom stereocenters. The van der Waals surface area contributed by atoms with Gasteiger partial charge in [-0.05, 0) is 35.4 Å². The molecule has 23 heavy (non-hydrogen) atoms. The van der Waals surface area contributed by atoms with Crippen LogP contribution in [0.5, 0.6) is 0 Å². The molecule has 0 unspecified atom stereocenters. The molecule has 0 spiro atoms. The van der Waals surface area contributed by atoms with Gasteiger partial charge in [0.15, 0.2) is 5.82 Å². The highest BCUT2D eigenvalue weighted by Crippen LogP contribution is 2.22. The number of aromatic nitrogens is 3. The highest BCUT2D eigenvalue weighted by Gasteiger charge is 2.11. The third kappa shape index (κ3) is 4.19. The van der Waals surface area contributed by atoms with Gasteiger partial charge in [0.2, 0.25) is 5.16 Å². The summed E-state index contributed by atoms with van der Waals surface area (Å²) in [5.41, 5.74) is 2.24. The average Bonchev–Trinajstić information content (AvgIpc) is 2.90. The Kier molecular flexibility index (Phi) is 5.10. The van der Waals surface area contributed by atoms with Crippen molar-refractivity contribution in [2.75, 3.05) is 5.84 Å². The van der Waals surface area contributed by atoms with Crippen molar-refractivity contribution in [3.63, 3.8) is 0 Å². The fourth-order valence-electron chi connectivity index (χ4n) is 2.04. The van der Waals surface area contributed by atoms with Gasteiger partial charge in [-0.2, -0.15) is 0 Å². The molecular formula is C16H14Cl2N4S. The van der Waals surface area contributed by atoms with E-state index in [4.69, 9.17) is 29.0 Å². The molecule has 1 heterocycles. The summed E-state index contributed by atoms with van der Waals surface area (Å²) in [5, 5.41) is 10.5. The largest absolute Gasteiger partial charge is 0.336 e. The molecule has 2 aromatic carbocycles. The second-order valence-electron chi connectivity index (χ2n) is 4.99. The molecule has 7 heteroatoms. The zero-order chi connectivity index (χ0) is 16.2. The smallest absolute Gasteiger partial charge is 0.210 e. The summed E-state index contributed by atoms with van der Waals surface area (Å²) in [6, 6.07) is 15.3. The molecule has 2 N–H and O–H groups in total. The number of nitrogen functional groups attached to an aromatic ring is 1. The molecule has 0 fully saturated rings. The summed E-state index contributed by atoms with van der Waals surface area (Å²) in [6.07, 6.45) is 0.613. The normalized spacial score (nSPS) is 10.9. The Bertz CT molecular complexity index is 785. The average molecular weight is 365 g/mol. The van der Waals surface area contributed by atoms with Crippen molar-refractivity contribution in [3.05, 3.63) is 75.5 Å². The van der Waals surface area contributed by atoms with Crippen LogP contribution in [0.25, 0.3) is 0 Å². The van der Waals surface area contributed by atoms with Crippen molar-refractivity contribution in [2.24, 2.45) is 0 Å². The molecule has 0 bridgehead atoms. The summed E-state index contributed by atoms with van der Waals surface area (Å²) >= 11 is 13.3. The molecule has 3 rings (SSSR count).